The molecular weight excluding hydrogens is 238 g/mol. The minimum Gasteiger partial charge on any atom is -0.480 e. The minimum atomic E-state index is -1.07. The summed E-state index contributed by atoms with van der Waals surface area (Å²) in [6.45, 7) is 7.49. The third kappa shape index (κ3) is 3.60. The summed E-state index contributed by atoms with van der Waals surface area (Å²) in [6, 6.07) is -1.23. The molecule has 1 N–H and O–H groups in total. The predicted octanol–water partition coefficient (Wildman–Crippen LogP) is 1.49. The molecule has 0 aromatic rings. The molecule has 1 amide bonds. The van der Waals surface area contributed by atoms with Crippen molar-refractivity contribution >= 4 is 12.1 Å². The Morgan fingerprint density at radius 1 is 1.39 bits per heavy atom. The third-order valence-corrected chi connectivity index (χ3v) is 2.68. The number of rotatable bonds is 2. The Kier molecular flexibility index (Phi) is 4.56. The van der Waals surface area contributed by atoms with Crippen LogP contribution in [0.4, 0.5) is 4.79 Å². The average molecular weight is 259 g/mol. The van der Waals surface area contributed by atoms with Gasteiger partial charge < -0.3 is 14.6 Å². The molecule has 6 heteroatoms. The van der Waals surface area contributed by atoms with Crippen molar-refractivity contribution in [3.8, 4) is 0 Å². The number of carbonyl (C=O) groups excluding carboxylic acids is 1. The molecule has 0 unspecified atom stereocenters. The Labute approximate surface area is 107 Å². The van der Waals surface area contributed by atoms with Crippen molar-refractivity contribution in [1.82, 2.24) is 4.90 Å². The smallest absolute Gasteiger partial charge is 0.411 e. The highest BCUT2D eigenvalue weighted by molar-refractivity contribution is 5.80. The first-order valence-electron chi connectivity index (χ1n) is 6.08. The molecule has 0 spiro atoms. The van der Waals surface area contributed by atoms with Crippen molar-refractivity contribution in [1.29, 1.82) is 0 Å². The standard InChI is InChI=1S/C12H21NO5/c1-5-8-6-17-7-9(10(14)15)13(8)11(16)18-12(2,3)4/h8-9H,5-7H2,1-4H3,(H,14,15)/t8-,9-/m0/s1. The summed E-state index contributed by atoms with van der Waals surface area (Å²) in [6.07, 6.45) is 0.0355. The van der Waals surface area contributed by atoms with E-state index >= 15 is 0 Å². The number of amides is 1. The zero-order chi connectivity index (χ0) is 13.9. The fraction of sp³-hybridized carbons (Fsp3) is 0.833. The maximum atomic E-state index is 12.1. The Hall–Kier alpha value is -1.30. The van der Waals surface area contributed by atoms with Crippen molar-refractivity contribution in [2.45, 2.75) is 51.8 Å². The highest BCUT2D eigenvalue weighted by atomic mass is 16.6. The van der Waals surface area contributed by atoms with Gasteiger partial charge in [-0.2, -0.15) is 0 Å². The van der Waals surface area contributed by atoms with Crippen LogP contribution in [0.1, 0.15) is 34.1 Å². The lowest BCUT2D eigenvalue weighted by atomic mass is 10.1. The molecular formula is C12H21NO5. The largest absolute Gasteiger partial charge is 0.480 e. The maximum Gasteiger partial charge on any atom is 0.411 e. The van der Waals surface area contributed by atoms with Crippen molar-refractivity contribution in [3.05, 3.63) is 0 Å². The summed E-state index contributed by atoms with van der Waals surface area (Å²) < 4.78 is 10.5. The first kappa shape index (κ1) is 14.8. The number of hydrogen-bond acceptors (Lipinski definition) is 4. The zero-order valence-corrected chi connectivity index (χ0v) is 11.3. The summed E-state index contributed by atoms with van der Waals surface area (Å²) in [5.74, 6) is -1.07. The van der Waals surface area contributed by atoms with Crippen LogP contribution < -0.4 is 0 Å². The van der Waals surface area contributed by atoms with Crippen molar-refractivity contribution in [3.63, 3.8) is 0 Å². The van der Waals surface area contributed by atoms with Crippen molar-refractivity contribution < 1.29 is 24.2 Å². The lowest BCUT2D eigenvalue weighted by Crippen LogP contribution is -2.58. The van der Waals surface area contributed by atoms with Gasteiger partial charge in [-0.1, -0.05) is 6.92 Å². The lowest BCUT2D eigenvalue weighted by Gasteiger charge is -2.39. The molecule has 0 saturated carbocycles. The van der Waals surface area contributed by atoms with Crippen molar-refractivity contribution in [2.24, 2.45) is 0 Å². The Morgan fingerprint density at radius 3 is 2.44 bits per heavy atom. The molecule has 1 aliphatic rings. The van der Waals surface area contributed by atoms with Crippen LogP contribution in [0, 0.1) is 0 Å². The number of hydrogen-bond donors (Lipinski definition) is 1. The van der Waals surface area contributed by atoms with Gasteiger partial charge in [-0.3, -0.25) is 4.90 Å². The average Bonchev–Trinajstić information content (AvgIpc) is 2.25. The summed E-state index contributed by atoms with van der Waals surface area (Å²) in [5, 5.41) is 9.14. The summed E-state index contributed by atoms with van der Waals surface area (Å²) in [4.78, 5) is 24.5. The highest BCUT2D eigenvalue weighted by Gasteiger charge is 2.40. The van der Waals surface area contributed by atoms with Crippen LogP contribution in [0.5, 0.6) is 0 Å². The number of carboxylic acids is 1. The monoisotopic (exact) mass is 259 g/mol. The minimum absolute atomic E-state index is 0.00504. The molecule has 0 aliphatic carbocycles. The third-order valence-electron chi connectivity index (χ3n) is 2.68. The highest BCUT2D eigenvalue weighted by Crippen LogP contribution is 2.20. The van der Waals surface area contributed by atoms with Crippen LogP contribution >= 0.6 is 0 Å². The molecule has 0 radical (unpaired) electrons. The Morgan fingerprint density at radius 2 is 2.00 bits per heavy atom. The first-order valence-corrected chi connectivity index (χ1v) is 6.08. The molecule has 1 heterocycles. The fourth-order valence-electron chi connectivity index (χ4n) is 1.83. The molecule has 104 valence electrons. The molecule has 1 saturated heterocycles. The molecule has 18 heavy (non-hydrogen) atoms. The number of carboxylic acid groups (broad SMARTS) is 1. The van der Waals surface area contributed by atoms with Gasteiger partial charge in [0, 0.05) is 0 Å². The van der Waals surface area contributed by atoms with Gasteiger partial charge in [-0.25, -0.2) is 9.59 Å². The number of ether oxygens (including phenoxy) is 2. The van der Waals surface area contributed by atoms with E-state index in [2.05, 4.69) is 0 Å². The van der Waals surface area contributed by atoms with Crippen LogP contribution in [0.15, 0.2) is 0 Å². The quantitative estimate of drug-likeness (QED) is 0.813. The normalized spacial score (nSPS) is 24.8. The molecule has 2 atom stereocenters. The van der Waals surface area contributed by atoms with E-state index in [9.17, 15) is 9.59 Å². The SMILES string of the molecule is CC[C@H]1COC[C@@H](C(=O)O)N1C(=O)OC(C)(C)C. The van der Waals surface area contributed by atoms with E-state index in [4.69, 9.17) is 14.6 Å². The van der Waals surface area contributed by atoms with E-state index in [-0.39, 0.29) is 12.6 Å². The topological polar surface area (TPSA) is 76.1 Å². The molecule has 0 aromatic heterocycles. The number of carbonyl (C=O) groups is 2. The van der Waals surface area contributed by atoms with E-state index in [1.807, 2.05) is 6.92 Å². The molecule has 1 fully saturated rings. The van der Waals surface area contributed by atoms with Crippen LogP contribution in [-0.4, -0.2) is 53.0 Å². The summed E-state index contributed by atoms with van der Waals surface area (Å²) >= 11 is 0. The van der Waals surface area contributed by atoms with E-state index in [0.29, 0.717) is 13.0 Å². The van der Waals surface area contributed by atoms with Crippen LogP contribution in [-0.2, 0) is 14.3 Å². The molecule has 1 aliphatic heterocycles. The van der Waals surface area contributed by atoms with E-state index in [1.165, 1.54) is 4.90 Å². The molecule has 0 aromatic carbocycles. The number of morpholine rings is 1. The molecule has 0 bridgehead atoms. The maximum absolute atomic E-state index is 12.1. The van der Waals surface area contributed by atoms with Gasteiger partial charge in [-0.15, -0.1) is 0 Å². The van der Waals surface area contributed by atoms with Crippen LogP contribution in [0.3, 0.4) is 0 Å². The van der Waals surface area contributed by atoms with Gasteiger partial charge >= 0.3 is 12.1 Å². The van der Waals surface area contributed by atoms with E-state index in [1.54, 1.807) is 20.8 Å². The van der Waals surface area contributed by atoms with Gasteiger partial charge in [-0.05, 0) is 27.2 Å². The van der Waals surface area contributed by atoms with E-state index < -0.39 is 23.7 Å². The number of nitrogens with zero attached hydrogens (tertiary/aromatic N) is 1. The second kappa shape index (κ2) is 5.56. The molecule has 6 nitrogen and oxygen atoms in total. The van der Waals surface area contributed by atoms with E-state index in [0.717, 1.165) is 0 Å². The van der Waals surface area contributed by atoms with Gasteiger partial charge in [0.1, 0.15) is 5.60 Å². The summed E-state index contributed by atoms with van der Waals surface area (Å²) in [5.41, 5.74) is -0.642. The van der Waals surface area contributed by atoms with Crippen molar-refractivity contribution in [2.75, 3.05) is 13.2 Å². The first-order chi connectivity index (χ1) is 8.26. The number of aliphatic carboxylic acids is 1. The Balaban J connectivity index is 2.88. The predicted molar refractivity (Wildman–Crippen MR) is 64.4 cm³/mol. The van der Waals surface area contributed by atoms with Gasteiger partial charge in [0.2, 0.25) is 0 Å². The lowest BCUT2D eigenvalue weighted by molar-refractivity contribution is -0.152. The van der Waals surface area contributed by atoms with Crippen LogP contribution in [0.25, 0.3) is 0 Å². The molecule has 1 rings (SSSR count). The second-order valence-corrected chi connectivity index (χ2v) is 5.34. The summed E-state index contributed by atoms with van der Waals surface area (Å²) in [7, 11) is 0. The van der Waals surface area contributed by atoms with Crippen LogP contribution in [0.2, 0.25) is 0 Å². The Bertz CT molecular complexity index is 323. The zero-order valence-electron chi connectivity index (χ0n) is 11.3. The van der Waals surface area contributed by atoms with Gasteiger partial charge in [0.15, 0.2) is 6.04 Å². The second-order valence-electron chi connectivity index (χ2n) is 5.34. The van der Waals surface area contributed by atoms with Gasteiger partial charge in [0.05, 0.1) is 19.3 Å². The van der Waals surface area contributed by atoms with Gasteiger partial charge in [0.25, 0.3) is 0 Å². The fourth-order valence-corrected chi connectivity index (χ4v) is 1.83.